The van der Waals surface area contributed by atoms with Crippen molar-refractivity contribution in [3.63, 3.8) is 0 Å². The van der Waals surface area contributed by atoms with Crippen LogP contribution in [0.3, 0.4) is 0 Å². The molecule has 0 amide bonds. The summed E-state index contributed by atoms with van der Waals surface area (Å²) in [5.74, 6) is 0.924. The van der Waals surface area contributed by atoms with Gasteiger partial charge in [0.25, 0.3) is 0 Å². The Morgan fingerprint density at radius 2 is 1.62 bits per heavy atom. The monoisotopic (exact) mass is 355 g/mol. The number of benzene rings is 1. The summed E-state index contributed by atoms with van der Waals surface area (Å²) in [6.45, 7) is 12.2. The molecule has 4 heteroatoms. The van der Waals surface area contributed by atoms with Crippen molar-refractivity contribution < 1.29 is 14.3 Å². The fraction of sp³-hybridized carbons (Fsp3) is 0.455. The smallest absolute Gasteiger partial charge is 0.343 e. The summed E-state index contributed by atoms with van der Waals surface area (Å²) in [7, 11) is 1.39. The number of pyridine rings is 1. The Labute approximate surface area is 156 Å². The zero-order chi connectivity index (χ0) is 19.4. The highest BCUT2D eigenvalue weighted by Gasteiger charge is 2.25. The highest BCUT2D eigenvalue weighted by Crippen LogP contribution is 2.36. The molecule has 4 nitrogen and oxygen atoms in total. The minimum atomic E-state index is -0.406. The first-order valence-corrected chi connectivity index (χ1v) is 9.17. The summed E-state index contributed by atoms with van der Waals surface area (Å²) in [5, 5.41) is 0. The second-order valence-electron chi connectivity index (χ2n) is 6.87. The van der Waals surface area contributed by atoms with Crippen LogP contribution in [-0.4, -0.2) is 18.1 Å². The van der Waals surface area contributed by atoms with E-state index in [1.807, 2.05) is 26.8 Å². The quantitative estimate of drug-likeness (QED) is 0.615. The van der Waals surface area contributed by atoms with E-state index < -0.39 is 5.97 Å². The number of carbonyl (C=O) groups excluding carboxylic acids is 1. The maximum atomic E-state index is 12.6. The van der Waals surface area contributed by atoms with Crippen LogP contribution in [0, 0.1) is 27.7 Å². The molecule has 0 saturated heterocycles. The van der Waals surface area contributed by atoms with Crippen LogP contribution in [-0.2, 0) is 4.74 Å². The number of rotatable bonds is 6. The first-order valence-electron chi connectivity index (χ1n) is 9.17. The summed E-state index contributed by atoms with van der Waals surface area (Å²) in [5.41, 5.74) is 5.43. The Balaban J connectivity index is 2.66. The van der Waals surface area contributed by atoms with Crippen LogP contribution in [0.15, 0.2) is 18.2 Å². The van der Waals surface area contributed by atoms with Gasteiger partial charge in [0.15, 0.2) is 0 Å². The summed E-state index contributed by atoms with van der Waals surface area (Å²) in [6, 6.07) is 6.11. The van der Waals surface area contributed by atoms with Crippen LogP contribution in [0.4, 0.5) is 0 Å². The van der Waals surface area contributed by atoms with Gasteiger partial charge in [-0.2, -0.15) is 0 Å². The van der Waals surface area contributed by atoms with Crippen molar-refractivity contribution in [3.05, 3.63) is 51.7 Å². The van der Waals surface area contributed by atoms with Gasteiger partial charge in [-0.25, -0.2) is 9.78 Å². The van der Waals surface area contributed by atoms with Crippen molar-refractivity contribution in [3.8, 4) is 11.6 Å². The third-order valence-electron chi connectivity index (χ3n) is 4.76. The average molecular weight is 355 g/mol. The van der Waals surface area contributed by atoms with Gasteiger partial charge in [0.2, 0.25) is 5.88 Å². The predicted octanol–water partition coefficient (Wildman–Crippen LogP) is 5.80. The van der Waals surface area contributed by atoms with Gasteiger partial charge in [0.1, 0.15) is 11.3 Å². The van der Waals surface area contributed by atoms with E-state index in [0.29, 0.717) is 11.4 Å². The molecule has 0 aliphatic heterocycles. The molecule has 0 saturated carbocycles. The summed E-state index contributed by atoms with van der Waals surface area (Å²) < 4.78 is 11.3. The minimum Gasteiger partial charge on any atom is -0.465 e. The number of aryl methyl sites for hydroxylation is 4. The first-order chi connectivity index (χ1) is 12.3. The molecule has 2 aromatic rings. The summed E-state index contributed by atoms with van der Waals surface area (Å²) >= 11 is 0. The molecule has 2 rings (SSSR count). The Bertz CT molecular complexity index is 784. The minimum absolute atomic E-state index is 0.258. The van der Waals surface area contributed by atoms with Gasteiger partial charge in [0, 0.05) is 5.69 Å². The number of hydrogen-bond acceptors (Lipinski definition) is 4. The number of esters is 1. The molecule has 140 valence electrons. The van der Waals surface area contributed by atoms with Crippen LogP contribution in [0.1, 0.15) is 70.9 Å². The molecule has 1 aromatic carbocycles. The van der Waals surface area contributed by atoms with Crippen LogP contribution in [0.25, 0.3) is 0 Å². The molecule has 0 bridgehead atoms. The van der Waals surface area contributed by atoms with Crippen LogP contribution >= 0.6 is 0 Å². The maximum Gasteiger partial charge on any atom is 0.343 e. The van der Waals surface area contributed by atoms with Crippen molar-refractivity contribution in [2.75, 3.05) is 7.11 Å². The van der Waals surface area contributed by atoms with E-state index in [9.17, 15) is 4.79 Å². The Hall–Kier alpha value is -2.36. The standard InChI is InChI=1S/C22H29NO3/c1-8-17(9-2)18-12-16(6)23-21(19(18)22(24)25-7)26-20-14(4)10-13(3)11-15(20)5/h10-12,17H,8-9H2,1-7H3. The molecule has 0 N–H and O–H groups in total. The van der Waals surface area contributed by atoms with Crippen LogP contribution in [0.2, 0.25) is 0 Å². The largest absolute Gasteiger partial charge is 0.465 e. The van der Waals surface area contributed by atoms with Gasteiger partial charge in [-0.3, -0.25) is 0 Å². The molecular weight excluding hydrogens is 326 g/mol. The molecule has 26 heavy (non-hydrogen) atoms. The molecule has 0 fully saturated rings. The third-order valence-corrected chi connectivity index (χ3v) is 4.76. The average Bonchev–Trinajstić information content (AvgIpc) is 2.58. The normalized spacial score (nSPS) is 10.9. The van der Waals surface area contributed by atoms with E-state index >= 15 is 0 Å². The second-order valence-corrected chi connectivity index (χ2v) is 6.87. The van der Waals surface area contributed by atoms with Gasteiger partial charge in [-0.15, -0.1) is 0 Å². The van der Waals surface area contributed by atoms with E-state index in [2.05, 4.69) is 37.9 Å². The molecule has 0 aliphatic carbocycles. The highest BCUT2D eigenvalue weighted by molar-refractivity contribution is 5.94. The molecule has 1 heterocycles. The van der Waals surface area contributed by atoms with Crippen LogP contribution < -0.4 is 4.74 Å². The zero-order valence-electron chi connectivity index (χ0n) is 16.9. The Morgan fingerprint density at radius 1 is 1.04 bits per heavy atom. The molecule has 1 aromatic heterocycles. The number of carbonyl (C=O) groups is 1. The molecular formula is C22H29NO3. The number of methoxy groups -OCH3 is 1. The van der Waals surface area contributed by atoms with E-state index in [-0.39, 0.29) is 5.92 Å². The van der Waals surface area contributed by atoms with Gasteiger partial charge in [-0.1, -0.05) is 31.5 Å². The molecule has 0 unspecified atom stereocenters. The van der Waals surface area contributed by atoms with E-state index in [1.54, 1.807) is 0 Å². The number of nitrogens with zero attached hydrogens (tertiary/aromatic N) is 1. The van der Waals surface area contributed by atoms with E-state index in [4.69, 9.17) is 9.47 Å². The van der Waals surface area contributed by atoms with Gasteiger partial charge in [-0.05, 0) is 69.2 Å². The Kier molecular flexibility index (Phi) is 6.41. The molecule has 0 radical (unpaired) electrons. The third kappa shape index (κ3) is 4.06. The second kappa shape index (κ2) is 8.35. The lowest BCUT2D eigenvalue weighted by Gasteiger charge is -2.20. The SMILES string of the molecule is CCC(CC)c1cc(C)nc(Oc2c(C)cc(C)cc2C)c1C(=O)OC. The summed E-state index contributed by atoms with van der Waals surface area (Å²) in [6.07, 6.45) is 1.87. The van der Waals surface area contributed by atoms with Gasteiger partial charge >= 0.3 is 5.97 Å². The lowest BCUT2D eigenvalue weighted by Crippen LogP contribution is -2.13. The van der Waals surface area contributed by atoms with Crippen molar-refractivity contribution >= 4 is 5.97 Å². The zero-order valence-corrected chi connectivity index (χ0v) is 16.9. The van der Waals surface area contributed by atoms with Gasteiger partial charge in [0.05, 0.1) is 7.11 Å². The fourth-order valence-corrected chi connectivity index (χ4v) is 3.53. The fourth-order valence-electron chi connectivity index (χ4n) is 3.53. The maximum absolute atomic E-state index is 12.6. The molecule has 0 aliphatic rings. The predicted molar refractivity (Wildman–Crippen MR) is 104 cm³/mol. The van der Waals surface area contributed by atoms with Crippen molar-refractivity contribution in [1.82, 2.24) is 4.98 Å². The number of aromatic nitrogens is 1. The highest BCUT2D eigenvalue weighted by atomic mass is 16.5. The number of ether oxygens (including phenoxy) is 2. The molecule has 0 spiro atoms. The van der Waals surface area contributed by atoms with Crippen LogP contribution in [0.5, 0.6) is 11.6 Å². The van der Waals surface area contributed by atoms with Crippen molar-refractivity contribution in [2.45, 2.75) is 60.3 Å². The lowest BCUT2D eigenvalue weighted by molar-refractivity contribution is 0.0595. The molecule has 0 atom stereocenters. The first kappa shape index (κ1) is 20.0. The Morgan fingerprint density at radius 3 is 2.12 bits per heavy atom. The lowest BCUT2D eigenvalue weighted by atomic mass is 9.90. The van der Waals surface area contributed by atoms with E-state index in [1.165, 1.54) is 12.7 Å². The van der Waals surface area contributed by atoms with Crippen molar-refractivity contribution in [2.24, 2.45) is 0 Å². The number of hydrogen-bond donors (Lipinski definition) is 0. The van der Waals surface area contributed by atoms with Crippen molar-refractivity contribution in [1.29, 1.82) is 0 Å². The summed E-state index contributed by atoms with van der Waals surface area (Å²) in [4.78, 5) is 17.1. The van der Waals surface area contributed by atoms with Gasteiger partial charge < -0.3 is 9.47 Å². The van der Waals surface area contributed by atoms with E-state index in [0.717, 1.165) is 41.0 Å². The topological polar surface area (TPSA) is 48.4 Å².